The van der Waals surface area contributed by atoms with Gasteiger partial charge in [-0.15, -0.1) is 0 Å². The monoisotopic (exact) mass is 300 g/mol. The lowest BCUT2D eigenvalue weighted by Gasteiger charge is -2.14. The van der Waals surface area contributed by atoms with Gasteiger partial charge in [-0.1, -0.05) is 30.3 Å². The molecule has 0 radical (unpaired) electrons. The van der Waals surface area contributed by atoms with Crippen LogP contribution in [0.25, 0.3) is 0 Å². The molecule has 2 aromatic rings. The molecule has 0 unspecified atom stereocenters. The minimum atomic E-state index is -0.367. The Morgan fingerprint density at radius 3 is 2.55 bits per heavy atom. The fraction of sp³-hybridized carbons (Fsp3) is 0.250. The molecule has 2 rings (SSSR count). The van der Waals surface area contributed by atoms with Crippen LogP contribution < -0.4 is 16.6 Å². The van der Waals surface area contributed by atoms with Gasteiger partial charge in [0.15, 0.2) is 0 Å². The highest BCUT2D eigenvalue weighted by atomic mass is 16.2. The van der Waals surface area contributed by atoms with Crippen LogP contribution in [0.1, 0.15) is 5.56 Å². The number of pyridine rings is 1. The van der Waals surface area contributed by atoms with E-state index in [9.17, 15) is 9.59 Å². The summed E-state index contributed by atoms with van der Waals surface area (Å²) in [6, 6.07) is 11.5. The van der Waals surface area contributed by atoms with Gasteiger partial charge in [0.1, 0.15) is 12.2 Å². The van der Waals surface area contributed by atoms with Crippen molar-refractivity contribution in [3.63, 3.8) is 0 Å². The molecule has 116 valence electrons. The SMILES string of the molecule is CN(C)C(=O)Cn1ccc(NCc2ccccc2)c(N)c1=O. The molecule has 3 N–H and O–H groups in total. The molecule has 0 aliphatic carbocycles. The fourth-order valence-corrected chi connectivity index (χ4v) is 1.95. The highest BCUT2D eigenvalue weighted by Gasteiger charge is 2.10. The van der Waals surface area contributed by atoms with Gasteiger partial charge in [-0.05, 0) is 11.6 Å². The van der Waals surface area contributed by atoms with Crippen LogP contribution in [0.2, 0.25) is 0 Å². The van der Waals surface area contributed by atoms with Crippen LogP contribution >= 0.6 is 0 Å². The summed E-state index contributed by atoms with van der Waals surface area (Å²) in [7, 11) is 3.29. The minimum Gasteiger partial charge on any atom is -0.393 e. The van der Waals surface area contributed by atoms with Crippen LogP contribution in [-0.2, 0) is 17.9 Å². The van der Waals surface area contributed by atoms with Crippen LogP contribution in [-0.4, -0.2) is 29.5 Å². The Bertz CT molecular complexity index is 708. The number of carbonyl (C=O) groups excluding carboxylic acids is 1. The highest BCUT2D eigenvalue weighted by molar-refractivity contribution is 5.75. The van der Waals surface area contributed by atoms with E-state index < -0.39 is 0 Å². The van der Waals surface area contributed by atoms with E-state index in [1.807, 2.05) is 30.3 Å². The van der Waals surface area contributed by atoms with Gasteiger partial charge in [0.25, 0.3) is 5.56 Å². The first kappa shape index (κ1) is 15.6. The number of benzene rings is 1. The number of nitrogens with zero attached hydrogens (tertiary/aromatic N) is 2. The number of rotatable bonds is 5. The van der Waals surface area contributed by atoms with Crippen LogP contribution in [0, 0.1) is 0 Å². The smallest absolute Gasteiger partial charge is 0.276 e. The summed E-state index contributed by atoms with van der Waals surface area (Å²) in [5, 5.41) is 3.14. The number of carbonyl (C=O) groups is 1. The van der Waals surface area contributed by atoms with Crippen molar-refractivity contribution in [2.75, 3.05) is 25.1 Å². The first-order valence-corrected chi connectivity index (χ1v) is 6.96. The van der Waals surface area contributed by atoms with E-state index in [4.69, 9.17) is 5.73 Å². The molecular weight excluding hydrogens is 280 g/mol. The third kappa shape index (κ3) is 3.66. The summed E-state index contributed by atoms with van der Waals surface area (Å²) in [6.45, 7) is 0.556. The van der Waals surface area contributed by atoms with E-state index in [1.165, 1.54) is 9.47 Å². The number of aromatic nitrogens is 1. The van der Waals surface area contributed by atoms with Gasteiger partial charge in [-0.25, -0.2) is 0 Å². The Hall–Kier alpha value is -2.76. The molecule has 0 saturated carbocycles. The number of anilines is 2. The lowest BCUT2D eigenvalue weighted by molar-refractivity contribution is -0.129. The molecule has 1 heterocycles. The summed E-state index contributed by atoms with van der Waals surface area (Å²) in [6.07, 6.45) is 1.58. The number of likely N-dealkylation sites (N-methyl/N-ethyl adjacent to an activating group) is 1. The van der Waals surface area contributed by atoms with E-state index in [-0.39, 0.29) is 23.7 Å². The van der Waals surface area contributed by atoms with E-state index >= 15 is 0 Å². The number of hydrogen-bond acceptors (Lipinski definition) is 4. The maximum absolute atomic E-state index is 12.2. The van der Waals surface area contributed by atoms with Crippen LogP contribution in [0.4, 0.5) is 11.4 Å². The zero-order valence-corrected chi connectivity index (χ0v) is 12.7. The Kier molecular flexibility index (Phi) is 4.83. The maximum atomic E-state index is 12.2. The van der Waals surface area contributed by atoms with E-state index in [0.717, 1.165) is 5.56 Å². The van der Waals surface area contributed by atoms with Gasteiger partial charge in [-0.2, -0.15) is 0 Å². The van der Waals surface area contributed by atoms with Gasteiger partial charge in [0.2, 0.25) is 5.91 Å². The van der Waals surface area contributed by atoms with Crippen molar-refractivity contribution in [3.05, 3.63) is 58.5 Å². The van der Waals surface area contributed by atoms with Crippen LogP contribution in [0.5, 0.6) is 0 Å². The number of nitrogen functional groups attached to an aromatic ring is 1. The zero-order valence-electron chi connectivity index (χ0n) is 12.7. The first-order valence-electron chi connectivity index (χ1n) is 6.96. The Labute approximate surface area is 129 Å². The molecule has 6 heteroatoms. The van der Waals surface area contributed by atoms with Gasteiger partial charge in [-0.3, -0.25) is 9.59 Å². The van der Waals surface area contributed by atoms with Crippen molar-refractivity contribution >= 4 is 17.3 Å². The summed E-state index contributed by atoms with van der Waals surface area (Å²) in [5.74, 6) is -0.161. The Morgan fingerprint density at radius 1 is 1.23 bits per heavy atom. The molecule has 1 aromatic heterocycles. The molecule has 22 heavy (non-hydrogen) atoms. The molecule has 0 saturated heterocycles. The van der Waals surface area contributed by atoms with Crippen molar-refractivity contribution in [2.24, 2.45) is 0 Å². The third-order valence-electron chi connectivity index (χ3n) is 3.33. The van der Waals surface area contributed by atoms with Gasteiger partial charge < -0.3 is 20.5 Å². The van der Waals surface area contributed by atoms with Crippen molar-refractivity contribution < 1.29 is 4.79 Å². The van der Waals surface area contributed by atoms with Crippen molar-refractivity contribution in [1.29, 1.82) is 0 Å². The largest absolute Gasteiger partial charge is 0.393 e. The van der Waals surface area contributed by atoms with Crippen LogP contribution in [0.3, 0.4) is 0 Å². The summed E-state index contributed by atoms with van der Waals surface area (Å²) in [4.78, 5) is 25.3. The number of nitrogens with two attached hydrogens (primary N) is 1. The molecule has 1 aromatic carbocycles. The third-order valence-corrected chi connectivity index (χ3v) is 3.33. The topological polar surface area (TPSA) is 80.4 Å². The lowest BCUT2D eigenvalue weighted by Crippen LogP contribution is -2.32. The van der Waals surface area contributed by atoms with Gasteiger partial charge in [0, 0.05) is 26.8 Å². The van der Waals surface area contributed by atoms with Crippen molar-refractivity contribution in [2.45, 2.75) is 13.1 Å². The zero-order chi connectivity index (χ0) is 16.1. The summed E-state index contributed by atoms with van der Waals surface area (Å²) >= 11 is 0. The lowest BCUT2D eigenvalue weighted by atomic mass is 10.2. The molecule has 0 bridgehead atoms. The summed E-state index contributed by atoms with van der Waals surface area (Å²) in [5.41, 5.74) is 7.29. The van der Waals surface area contributed by atoms with Crippen molar-refractivity contribution in [3.8, 4) is 0 Å². The standard InChI is InChI=1S/C16H20N4O2/c1-19(2)14(21)11-20-9-8-13(15(17)16(20)22)18-10-12-6-4-3-5-7-12/h3-9,18H,10-11,17H2,1-2H3. The maximum Gasteiger partial charge on any atom is 0.276 e. The van der Waals surface area contributed by atoms with Crippen molar-refractivity contribution in [1.82, 2.24) is 9.47 Å². The minimum absolute atomic E-state index is 0.0189. The van der Waals surface area contributed by atoms with E-state index in [1.54, 1.807) is 26.4 Å². The molecule has 0 aliphatic heterocycles. The molecule has 0 atom stereocenters. The molecule has 0 fully saturated rings. The highest BCUT2D eigenvalue weighted by Crippen LogP contribution is 2.14. The number of amides is 1. The van der Waals surface area contributed by atoms with Gasteiger partial charge >= 0.3 is 0 Å². The Morgan fingerprint density at radius 2 is 1.91 bits per heavy atom. The predicted molar refractivity (Wildman–Crippen MR) is 87.6 cm³/mol. The number of hydrogen-bond donors (Lipinski definition) is 2. The number of nitrogens with one attached hydrogen (secondary N) is 1. The predicted octanol–water partition coefficient (Wildman–Crippen LogP) is 1.13. The molecule has 6 nitrogen and oxygen atoms in total. The molecule has 0 aliphatic rings. The first-order chi connectivity index (χ1) is 10.5. The second-order valence-electron chi connectivity index (χ2n) is 5.20. The van der Waals surface area contributed by atoms with E-state index in [0.29, 0.717) is 12.2 Å². The average molecular weight is 300 g/mol. The van der Waals surface area contributed by atoms with E-state index in [2.05, 4.69) is 5.32 Å². The molecule has 0 spiro atoms. The Balaban J connectivity index is 2.13. The second-order valence-corrected chi connectivity index (χ2v) is 5.20. The van der Waals surface area contributed by atoms with Crippen LogP contribution in [0.15, 0.2) is 47.4 Å². The molecular formula is C16H20N4O2. The van der Waals surface area contributed by atoms with Gasteiger partial charge in [0.05, 0.1) is 5.69 Å². The average Bonchev–Trinajstić information content (AvgIpc) is 2.52. The normalized spacial score (nSPS) is 10.3. The molecule has 1 amide bonds. The quantitative estimate of drug-likeness (QED) is 0.867. The fourth-order valence-electron chi connectivity index (χ4n) is 1.95. The summed E-state index contributed by atoms with van der Waals surface area (Å²) < 4.78 is 1.31. The second kappa shape index (κ2) is 6.80.